The molecule has 66 valence electrons. The van der Waals surface area contributed by atoms with Crippen LogP contribution in [0.25, 0.3) is 0 Å². The Labute approximate surface area is 71.1 Å². The molecular formula is C10H21N. The van der Waals surface area contributed by atoms with Crippen molar-refractivity contribution in [2.24, 2.45) is 0 Å². The van der Waals surface area contributed by atoms with Crippen LogP contribution in [-0.2, 0) is 0 Å². The van der Waals surface area contributed by atoms with E-state index in [1.165, 1.54) is 25.7 Å². The third-order valence-electron chi connectivity index (χ3n) is 1.83. The predicted octanol–water partition coefficient (Wildman–Crippen LogP) is 3.03. The maximum atomic E-state index is 2.26. The second-order valence-corrected chi connectivity index (χ2v) is 2.95. The van der Waals surface area contributed by atoms with E-state index in [4.69, 9.17) is 0 Å². The molecule has 0 amide bonds. The van der Waals surface area contributed by atoms with Crippen LogP contribution in [0.1, 0.15) is 39.5 Å². The van der Waals surface area contributed by atoms with Crippen molar-refractivity contribution in [3.63, 3.8) is 0 Å². The van der Waals surface area contributed by atoms with Gasteiger partial charge < -0.3 is 4.90 Å². The van der Waals surface area contributed by atoms with Crippen LogP contribution in [0.15, 0.2) is 12.3 Å². The van der Waals surface area contributed by atoms with Gasteiger partial charge in [0.1, 0.15) is 0 Å². The molecule has 0 heterocycles. The SMILES string of the molecule is CCCCCC=CN(C)CC. The maximum Gasteiger partial charge on any atom is 0.0140 e. The van der Waals surface area contributed by atoms with Gasteiger partial charge in [-0.2, -0.15) is 0 Å². The van der Waals surface area contributed by atoms with Crippen LogP contribution in [-0.4, -0.2) is 18.5 Å². The van der Waals surface area contributed by atoms with Gasteiger partial charge in [-0.1, -0.05) is 25.8 Å². The standard InChI is InChI=1S/C10H21N/c1-4-6-7-8-9-10-11(3)5-2/h9-10H,4-8H2,1-3H3. The van der Waals surface area contributed by atoms with Crippen LogP contribution >= 0.6 is 0 Å². The van der Waals surface area contributed by atoms with Gasteiger partial charge in [0.25, 0.3) is 0 Å². The van der Waals surface area contributed by atoms with E-state index in [1.54, 1.807) is 0 Å². The van der Waals surface area contributed by atoms with Crippen LogP contribution in [0.4, 0.5) is 0 Å². The lowest BCUT2D eigenvalue weighted by molar-refractivity contribution is 0.481. The van der Waals surface area contributed by atoms with Crippen molar-refractivity contribution in [3.05, 3.63) is 12.3 Å². The predicted molar refractivity (Wildman–Crippen MR) is 51.6 cm³/mol. The third-order valence-corrected chi connectivity index (χ3v) is 1.83. The van der Waals surface area contributed by atoms with E-state index in [0.29, 0.717) is 0 Å². The van der Waals surface area contributed by atoms with Gasteiger partial charge in [-0.3, -0.25) is 0 Å². The first kappa shape index (κ1) is 10.5. The Morgan fingerprint density at radius 1 is 1.18 bits per heavy atom. The molecule has 0 N–H and O–H groups in total. The minimum atomic E-state index is 1.10. The number of allylic oxidation sites excluding steroid dienone is 1. The molecular weight excluding hydrogens is 134 g/mol. The van der Waals surface area contributed by atoms with E-state index in [2.05, 4.69) is 38.1 Å². The fraction of sp³-hybridized carbons (Fsp3) is 0.800. The van der Waals surface area contributed by atoms with E-state index >= 15 is 0 Å². The van der Waals surface area contributed by atoms with E-state index in [1.807, 2.05) is 0 Å². The topological polar surface area (TPSA) is 3.24 Å². The van der Waals surface area contributed by atoms with Crippen molar-refractivity contribution >= 4 is 0 Å². The Balaban J connectivity index is 3.15. The van der Waals surface area contributed by atoms with E-state index in [0.717, 1.165) is 6.54 Å². The zero-order valence-corrected chi connectivity index (χ0v) is 8.14. The quantitative estimate of drug-likeness (QED) is 0.533. The summed E-state index contributed by atoms with van der Waals surface area (Å²) in [6.45, 7) is 5.50. The molecule has 0 saturated carbocycles. The monoisotopic (exact) mass is 155 g/mol. The zero-order chi connectivity index (χ0) is 8.53. The van der Waals surface area contributed by atoms with Crippen molar-refractivity contribution in [2.45, 2.75) is 39.5 Å². The average molecular weight is 155 g/mol. The largest absolute Gasteiger partial charge is 0.381 e. The van der Waals surface area contributed by atoms with E-state index in [9.17, 15) is 0 Å². The molecule has 0 aliphatic heterocycles. The van der Waals surface area contributed by atoms with Crippen LogP contribution in [0.5, 0.6) is 0 Å². The van der Waals surface area contributed by atoms with Crippen molar-refractivity contribution in [3.8, 4) is 0 Å². The molecule has 0 spiro atoms. The van der Waals surface area contributed by atoms with Crippen molar-refractivity contribution in [1.29, 1.82) is 0 Å². The molecule has 0 atom stereocenters. The molecule has 0 aromatic heterocycles. The Bertz CT molecular complexity index is 97.0. The average Bonchev–Trinajstić information content (AvgIpc) is 2.04. The van der Waals surface area contributed by atoms with Crippen LogP contribution in [0.3, 0.4) is 0 Å². The number of rotatable bonds is 6. The fourth-order valence-electron chi connectivity index (χ4n) is 0.872. The Hall–Kier alpha value is -0.460. The van der Waals surface area contributed by atoms with Gasteiger partial charge >= 0.3 is 0 Å². The molecule has 0 aromatic rings. The molecule has 0 unspecified atom stereocenters. The lowest BCUT2D eigenvalue weighted by Crippen LogP contribution is -2.08. The Kier molecular flexibility index (Phi) is 7.33. The minimum absolute atomic E-state index is 1.10. The summed E-state index contributed by atoms with van der Waals surface area (Å²) >= 11 is 0. The van der Waals surface area contributed by atoms with E-state index in [-0.39, 0.29) is 0 Å². The van der Waals surface area contributed by atoms with Gasteiger partial charge in [0.05, 0.1) is 0 Å². The lowest BCUT2D eigenvalue weighted by atomic mass is 10.2. The summed E-state index contributed by atoms with van der Waals surface area (Å²) < 4.78 is 0. The molecule has 0 aliphatic carbocycles. The summed E-state index contributed by atoms with van der Waals surface area (Å²) in [4.78, 5) is 2.20. The Morgan fingerprint density at radius 2 is 1.91 bits per heavy atom. The van der Waals surface area contributed by atoms with Crippen molar-refractivity contribution < 1.29 is 0 Å². The van der Waals surface area contributed by atoms with Crippen molar-refractivity contribution in [2.75, 3.05) is 13.6 Å². The van der Waals surface area contributed by atoms with Gasteiger partial charge in [0.2, 0.25) is 0 Å². The third kappa shape index (κ3) is 7.44. The van der Waals surface area contributed by atoms with Gasteiger partial charge in [-0.05, 0) is 26.0 Å². The summed E-state index contributed by atoms with van der Waals surface area (Å²) in [7, 11) is 2.11. The molecule has 0 aliphatic rings. The van der Waals surface area contributed by atoms with Gasteiger partial charge in [0.15, 0.2) is 0 Å². The number of hydrogen-bond donors (Lipinski definition) is 0. The molecule has 11 heavy (non-hydrogen) atoms. The highest BCUT2D eigenvalue weighted by molar-refractivity contribution is 4.79. The first-order chi connectivity index (χ1) is 5.31. The minimum Gasteiger partial charge on any atom is -0.381 e. The molecule has 0 rings (SSSR count). The zero-order valence-electron chi connectivity index (χ0n) is 8.14. The lowest BCUT2D eigenvalue weighted by Gasteiger charge is -2.08. The summed E-state index contributed by atoms with van der Waals surface area (Å²) in [5.41, 5.74) is 0. The molecule has 1 heteroatoms. The summed E-state index contributed by atoms with van der Waals surface area (Å²) in [5, 5.41) is 0. The molecule has 1 nitrogen and oxygen atoms in total. The highest BCUT2D eigenvalue weighted by Gasteiger charge is 1.83. The van der Waals surface area contributed by atoms with Crippen LogP contribution in [0, 0.1) is 0 Å². The van der Waals surface area contributed by atoms with Gasteiger partial charge in [-0.25, -0.2) is 0 Å². The number of hydrogen-bond acceptors (Lipinski definition) is 1. The van der Waals surface area contributed by atoms with Crippen LogP contribution in [0.2, 0.25) is 0 Å². The molecule has 0 aromatic carbocycles. The first-order valence-corrected chi connectivity index (χ1v) is 4.68. The highest BCUT2D eigenvalue weighted by atomic mass is 15.1. The summed E-state index contributed by atoms with van der Waals surface area (Å²) in [6.07, 6.45) is 9.69. The molecule has 0 bridgehead atoms. The second-order valence-electron chi connectivity index (χ2n) is 2.95. The fourth-order valence-corrected chi connectivity index (χ4v) is 0.872. The second kappa shape index (κ2) is 7.64. The molecule has 0 radical (unpaired) electrons. The Morgan fingerprint density at radius 3 is 2.45 bits per heavy atom. The maximum absolute atomic E-state index is 2.26. The number of unbranched alkanes of at least 4 members (excludes halogenated alkanes) is 3. The smallest absolute Gasteiger partial charge is 0.0140 e. The van der Waals surface area contributed by atoms with E-state index < -0.39 is 0 Å². The number of nitrogens with zero attached hydrogens (tertiary/aromatic N) is 1. The summed E-state index contributed by atoms with van der Waals surface area (Å²) in [5.74, 6) is 0. The molecule has 0 saturated heterocycles. The van der Waals surface area contributed by atoms with Gasteiger partial charge in [-0.15, -0.1) is 0 Å². The summed E-state index contributed by atoms with van der Waals surface area (Å²) in [6, 6.07) is 0. The van der Waals surface area contributed by atoms with Crippen LogP contribution < -0.4 is 0 Å². The first-order valence-electron chi connectivity index (χ1n) is 4.68. The van der Waals surface area contributed by atoms with Crippen molar-refractivity contribution in [1.82, 2.24) is 4.90 Å². The van der Waals surface area contributed by atoms with Gasteiger partial charge in [0, 0.05) is 13.6 Å². The highest BCUT2D eigenvalue weighted by Crippen LogP contribution is 1.99. The normalized spacial score (nSPS) is 10.8. The molecule has 0 fully saturated rings.